The fourth-order valence-corrected chi connectivity index (χ4v) is 6.24. The highest BCUT2D eigenvalue weighted by Gasteiger charge is 2.55. The molecule has 2 aliphatic heterocycles. The van der Waals surface area contributed by atoms with Gasteiger partial charge in [-0.2, -0.15) is 0 Å². The van der Waals surface area contributed by atoms with Crippen molar-refractivity contribution < 1.29 is 24.0 Å². The van der Waals surface area contributed by atoms with Crippen LogP contribution in [0.3, 0.4) is 0 Å². The van der Waals surface area contributed by atoms with Gasteiger partial charge in [0.2, 0.25) is 0 Å². The van der Waals surface area contributed by atoms with Crippen LogP contribution in [0.5, 0.6) is 0 Å². The molecule has 5 heteroatoms. The molecule has 4 aliphatic carbocycles. The predicted octanol–water partition coefficient (Wildman–Crippen LogP) is 2.62. The number of fused-ring (bicyclic) bond motifs is 1. The lowest BCUT2D eigenvalue weighted by molar-refractivity contribution is -0.364. The van der Waals surface area contributed by atoms with Gasteiger partial charge in [-0.1, -0.05) is 0 Å². The number of hydrogen-bond donors (Lipinski definition) is 0. The summed E-state index contributed by atoms with van der Waals surface area (Å²) >= 11 is 0. The minimum absolute atomic E-state index is 0.0287. The fourth-order valence-electron chi connectivity index (χ4n) is 6.24. The molecular weight excluding hydrogens is 296 g/mol. The second-order valence-electron chi connectivity index (χ2n) is 8.78. The van der Waals surface area contributed by atoms with Gasteiger partial charge in [-0.15, -0.1) is 0 Å². The van der Waals surface area contributed by atoms with Gasteiger partial charge in [0, 0.05) is 0 Å². The van der Waals surface area contributed by atoms with Gasteiger partial charge in [0.1, 0.15) is 24.9 Å². The lowest BCUT2D eigenvalue weighted by Gasteiger charge is -2.56. The van der Waals surface area contributed by atoms with Crippen LogP contribution >= 0.6 is 0 Å². The molecule has 0 aromatic heterocycles. The smallest absolute Gasteiger partial charge is 0.306 e. The van der Waals surface area contributed by atoms with E-state index in [1.165, 1.54) is 38.5 Å². The Morgan fingerprint density at radius 3 is 2.35 bits per heavy atom. The van der Waals surface area contributed by atoms with Gasteiger partial charge in [-0.3, -0.25) is 4.79 Å². The van der Waals surface area contributed by atoms with Gasteiger partial charge in [0.15, 0.2) is 6.10 Å². The van der Waals surface area contributed by atoms with Crippen molar-refractivity contribution >= 4 is 5.97 Å². The maximum absolute atomic E-state index is 12.4. The van der Waals surface area contributed by atoms with Gasteiger partial charge in [0.25, 0.3) is 0 Å². The summed E-state index contributed by atoms with van der Waals surface area (Å²) in [5.74, 6) is 2.54. The Labute approximate surface area is 136 Å². The number of rotatable bonds is 4. The highest BCUT2D eigenvalue weighted by atomic mass is 17.2. The van der Waals surface area contributed by atoms with Crippen LogP contribution in [0.1, 0.15) is 51.9 Å². The van der Waals surface area contributed by atoms with Crippen LogP contribution in [-0.4, -0.2) is 37.0 Å². The van der Waals surface area contributed by atoms with Crippen molar-refractivity contribution in [1.82, 2.24) is 0 Å². The Balaban J connectivity index is 1.15. The third kappa shape index (κ3) is 2.61. The Kier molecular flexibility index (Phi) is 3.30. The SMILES string of the molecule is C[C@H]1OO[C@@H](COC(=O)CC23CC4CC(CC(C4)C2)C3)[C@@H]2O[C@@H]21. The van der Waals surface area contributed by atoms with Crippen LogP contribution < -0.4 is 0 Å². The molecule has 2 saturated heterocycles. The molecule has 0 aromatic carbocycles. The molecule has 4 atom stereocenters. The number of carbonyl (C=O) groups is 1. The van der Waals surface area contributed by atoms with E-state index in [0.29, 0.717) is 6.42 Å². The molecule has 6 fully saturated rings. The van der Waals surface area contributed by atoms with Gasteiger partial charge in [0.05, 0.1) is 6.42 Å². The van der Waals surface area contributed by atoms with Crippen molar-refractivity contribution in [2.45, 2.75) is 76.3 Å². The molecule has 4 bridgehead atoms. The first-order valence-corrected chi connectivity index (χ1v) is 9.23. The maximum atomic E-state index is 12.4. The molecular formula is C18H26O5. The zero-order valence-electron chi connectivity index (χ0n) is 13.7. The van der Waals surface area contributed by atoms with Gasteiger partial charge in [-0.05, 0) is 68.6 Å². The second kappa shape index (κ2) is 5.17. The molecule has 23 heavy (non-hydrogen) atoms. The Hall–Kier alpha value is -0.650. The number of hydrogen-bond acceptors (Lipinski definition) is 5. The van der Waals surface area contributed by atoms with E-state index in [4.69, 9.17) is 19.2 Å². The highest BCUT2D eigenvalue weighted by Crippen LogP contribution is 2.61. The summed E-state index contributed by atoms with van der Waals surface area (Å²) in [6, 6.07) is 0. The van der Waals surface area contributed by atoms with Crippen molar-refractivity contribution in [1.29, 1.82) is 0 Å². The summed E-state index contributed by atoms with van der Waals surface area (Å²) in [5, 5.41) is 0. The van der Waals surface area contributed by atoms with E-state index in [1.807, 2.05) is 6.92 Å². The minimum Gasteiger partial charge on any atom is -0.463 e. The van der Waals surface area contributed by atoms with Crippen LogP contribution in [0.2, 0.25) is 0 Å². The fraction of sp³-hybridized carbons (Fsp3) is 0.944. The average molecular weight is 322 g/mol. The number of epoxide rings is 1. The molecule has 0 radical (unpaired) electrons. The summed E-state index contributed by atoms with van der Waals surface area (Å²) < 4.78 is 11.1. The molecule has 0 amide bonds. The monoisotopic (exact) mass is 322 g/mol. The first-order chi connectivity index (χ1) is 11.1. The van der Waals surface area contributed by atoms with Crippen LogP contribution in [0, 0.1) is 23.2 Å². The Bertz CT molecular complexity index is 468. The van der Waals surface area contributed by atoms with E-state index in [9.17, 15) is 4.79 Å². The van der Waals surface area contributed by atoms with Gasteiger partial charge in [-0.25, -0.2) is 9.78 Å². The largest absolute Gasteiger partial charge is 0.463 e. The van der Waals surface area contributed by atoms with Crippen molar-refractivity contribution in [3.63, 3.8) is 0 Å². The van der Waals surface area contributed by atoms with Crippen molar-refractivity contribution in [2.75, 3.05) is 6.61 Å². The van der Waals surface area contributed by atoms with Crippen molar-refractivity contribution in [2.24, 2.45) is 23.2 Å². The first kappa shape index (κ1) is 14.7. The Morgan fingerprint density at radius 2 is 1.70 bits per heavy atom. The molecule has 6 rings (SSSR count). The molecule has 0 spiro atoms. The van der Waals surface area contributed by atoms with Crippen LogP contribution in [-0.2, 0) is 24.0 Å². The predicted molar refractivity (Wildman–Crippen MR) is 80.3 cm³/mol. The molecule has 2 heterocycles. The maximum Gasteiger partial charge on any atom is 0.306 e. The van der Waals surface area contributed by atoms with E-state index < -0.39 is 0 Å². The summed E-state index contributed by atoms with van der Waals surface area (Å²) in [7, 11) is 0. The van der Waals surface area contributed by atoms with Crippen molar-refractivity contribution in [3.8, 4) is 0 Å². The van der Waals surface area contributed by atoms with Crippen molar-refractivity contribution in [3.05, 3.63) is 0 Å². The lowest BCUT2D eigenvalue weighted by Crippen LogP contribution is -2.47. The quantitative estimate of drug-likeness (QED) is 0.452. The molecule has 0 N–H and O–H groups in total. The van der Waals surface area contributed by atoms with Crippen LogP contribution in [0.25, 0.3) is 0 Å². The highest BCUT2D eigenvalue weighted by molar-refractivity contribution is 5.70. The van der Waals surface area contributed by atoms with E-state index in [1.54, 1.807) is 0 Å². The van der Waals surface area contributed by atoms with E-state index >= 15 is 0 Å². The second-order valence-corrected chi connectivity index (χ2v) is 8.78. The standard InChI is InChI=1S/C18H26O5/c1-10-16-17(21-16)14(23-22-10)9-20-15(19)8-18-5-11-2-12(6-18)4-13(3-11)7-18/h10-14,16-17H,2-9H2,1H3/t10-,11?,12?,13?,14+,16-,17+,18?/m1/s1. The average Bonchev–Trinajstić information content (AvgIpc) is 3.26. The van der Waals surface area contributed by atoms with Crippen LogP contribution in [0.15, 0.2) is 0 Å². The molecule has 6 aliphatic rings. The summed E-state index contributed by atoms with van der Waals surface area (Å²) in [5.41, 5.74) is 0.239. The third-order valence-corrected chi connectivity index (χ3v) is 6.81. The molecule has 128 valence electrons. The number of ether oxygens (including phenoxy) is 2. The molecule has 5 nitrogen and oxygen atoms in total. The van der Waals surface area contributed by atoms with Gasteiger partial charge < -0.3 is 9.47 Å². The molecule has 0 aromatic rings. The normalized spacial score (nSPS) is 53.0. The topological polar surface area (TPSA) is 57.3 Å². The summed E-state index contributed by atoms with van der Waals surface area (Å²) in [6.07, 6.45) is 8.36. The molecule has 4 saturated carbocycles. The van der Waals surface area contributed by atoms with E-state index in [-0.39, 0.29) is 42.4 Å². The summed E-state index contributed by atoms with van der Waals surface area (Å²) in [6.45, 7) is 2.18. The lowest BCUT2D eigenvalue weighted by atomic mass is 9.49. The third-order valence-electron chi connectivity index (χ3n) is 6.81. The summed E-state index contributed by atoms with van der Waals surface area (Å²) in [4.78, 5) is 22.9. The van der Waals surface area contributed by atoms with E-state index in [2.05, 4.69) is 0 Å². The van der Waals surface area contributed by atoms with Gasteiger partial charge >= 0.3 is 5.97 Å². The van der Waals surface area contributed by atoms with Crippen LogP contribution in [0.4, 0.5) is 0 Å². The number of esters is 1. The van der Waals surface area contributed by atoms with E-state index in [0.717, 1.165) is 17.8 Å². The minimum atomic E-state index is -0.267. The Morgan fingerprint density at radius 1 is 1.04 bits per heavy atom. The zero-order valence-corrected chi connectivity index (χ0v) is 13.7. The first-order valence-electron chi connectivity index (χ1n) is 9.23. The zero-order chi connectivity index (χ0) is 15.6. The molecule has 0 unspecified atom stereocenters. The number of carbonyl (C=O) groups excluding carboxylic acids is 1.